The molecule has 0 heterocycles. The summed E-state index contributed by atoms with van der Waals surface area (Å²) in [6, 6.07) is 6.44. The Morgan fingerprint density at radius 1 is 0.656 bits per heavy atom. The van der Waals surface area contributed by atoms with E-state index in [0.29, 0.717) is 0 Å². The fourth-order valence-corrected chi connectivity index (χ4v) is 6.09. The van der Waals surface area contributed by atoms with Crippen LogP contribution in [-0.4, -0.2) is 13.6 Å². The zero-order valence-electron chi connectivity index (χ0n) is 19.8. The summed E-state index contributed by atoms with van der Waals surface area (Å²) in [6.07, 6.45) is 18.9. The Morgan fingerprint density at radius 2 is 1.09 bits per heavy atom. The maximum absolute atomic E-state index is 12.3. The van der Waals surface area contributed by atoms with Gasteiger partial charge < -0.3 is 4.74 Å². The predicted octanol–water partition coefficient (Wildman–Crippen LogP) is 8.81. The standard InChI is InChI=1S/C27H42BF3O/c29-27(30,31)32-26-19-17-22(18-20-26)21-28-25-15-9-7-13-24(14-8-10-16-25)23-11-5-3-1-2-4-6-12-23/h17-20,23-25,28H,1-16,21H2. The highest BCUT2D eigenvalue weighted by Gasteiger charge is 2.31. The fourth-order valence-electron chi connectivity index (χ4n) is 6.09. The average molecular weight is 450 g/mol. The maximum Gasteiger partial charge on any atom is 0.573 e. The second-order valence-electron chi connectivity index (χ2n) is 10.4. The van der Waals surface area contributed by atoms with Crippen LogP contribution in [0, 0.1) is 11.8 Å². The van der Waals surface area contributed by atoms with Gasteiger partial charge in [0.25, 0.3) is 0 Å². The van der Waals surface area contributed by atoms with Crippen LogP contribution in [0.15, 0.2) is 24.3 Å². The highest BCUT2D eigenvalue weighted by Crippen LogP contribution is 2.36. The van der Waals surface area contributed by atoms with Gasteiger partial charge in [0.1, 0.15) is 13.0 Å². The Balaban J connectivity index is 1.41. The zero-order chi connectivity index (χ0) is 22.7. The minimum Gasteiger partial charge on any atom is -0.406 e. The van der Waals surface area contributed by atoms with Crippen LogP contribution in [0.25, 0.3) is 0 Å². The lowest BCUT2D eigenvalue weighted by Crippen LogP contribution is -2.17. The molecule has 0 amide bonds. The molecule has 2 saturated carbocycles. The van der Waals surface area contributed by atoms with Gasteiger partial charge in [0, 0.05) is 0 Å². The van der Waals surface area contributed by atoms with Gasteiger partial charge in [-0.2, -0.15) is 0 Å². The van der Waals surface area contributed by atoms with Crippen LogP contribution in [0.4, 0.5) is 13.2 Å². The Hall–Kier alpha value is -1.13. The highest BCUT2D eigenvalue weighted by molar-refractivity contribution is 6.37. The van der Waals surface area contributed by atoms with Crippen molar-refractivity contribution in [3.8, 4) is 5.75 Å². The molecule has 0 unspecified atom stereocenters. The maximum atomic E-state index is 12.3. The summed E-state index contributed by atoms with van der Waals surface area (Å²) < 4.78 is 41.0. The summed E-state index contributed by atoms with van der Waals surface area (Å²) in [7, 11) is 1.14. The SMILES string of the molecule is FC(F)(F)Oc1ccc(CBC2CCCCC(C3CCCCCCCC3)CCCC2)cc1. The molecule has 0 aliphatic heterocycles. The molecule has 2 fully saturated rings. The van der Waals surface area contributed by atoms with Gasteiger partial charge in [-0.05, 0) is 24.0 Å². The van der Waals surface area contributed by atoms with Crippen LogP contribution < -0.4 is 4.74 Å². The molecule has 3 rings (SSSR count). The van der Waals surface area contributed by atoms with Crippen LogP contribution in [0.2, 0.25) is 5.82 Å². The van der Waals surface area contributed by atoms with E-state index in [-0.39, 0.29) is 5.75 Å². The van der Waals surface area contributed by atoms with Crippen LogP contribution in [0.1, 0.15) is 108 Å². The van der Waals surface area contributed by atoms with E-state index in [9.17, 15) is 13.2 Å². The van der Waals surface area contributed by atoms with Gasteiger partial charge in [-0.15, -0.1) is 13.2 Å². The normalized spacial score (nSPS) is 25.2. The molecule has 1 aromatic carbocycles. The third kappa shape index (κ3) is 9.79. The minimum atomic E-state index is -4.62. The number of benzene rings is 1. The van der Waals surface area contributed by atoms with Crippen LogP contribution in [0.5, 0.6) is 5.75 Å². The second kappa shape index (κ2) is 13.6. The van der Waals surface area contributed by atoms with E-state index >= 15 is 0 Å². The van der Waals surface area contributed by atoms with Gasteiger partial charge in [-0.1, -0.05) is 133 Å². The molecule has 5 heteroatoms. The molecule has 0 saturated heterocycles. The molecule has 0 spiro atoms. The van der Waals surface area contributed by atoms with Crippen molar-refractivity contribution in [1.82, 2.24) is 0 Å². The molecule has 180 valence electrons. The topological polar surface area (TPSA) is 9.23 Å². The summed E-state index contributed by atoms with van der Waals surface area (Å²) in [5.41, 5.74) is 1.11. The van der Waals surface area contributed by atoms with Crippen molar-refractivity contribution in [2.45, 2.75) is 121 Å². The van der Waals surface area contributed by atoms with Gasteiger partial charge in [0.15, 0.2) is 0 Å². The van der Waals surface area contributed by atoms with Gasteiger partial charge in [-0.25, -0.2) is 0 Å². The van der Waals surface area contributed by atoms with E-state index in [1.54, 1.807) is 12.1 Å². The number of halogens is 3. The third-order valence-corrected chi connectivity index (χ3v) is 7.94. The number of hydrogen-bond acceptors (Lipinski definition) is 1. The molecular formula is C27H42BF3O. The molecule has 1 nitrogen and oxygen atoms in total. The van der Waals surface area contributed by atoms with Crippen LogP contribution in [0.3, 0.4) is 0 Å². The smallest absolute Gasteiger partial charge is 0.406 e. The average Bonchev–Trinajstić information content (AvgIpc) is 2.90. The van der Waals surface area contributed by atoms with Gasteiger partial charge in [0.2, 0.25) is 0 Å². The number of rotatable bonds is 5. The number of ether oxygens (including phenoxy) is 1. The van der Waals surface area contributed by atoms with Gasteiger partial charge in [-0.3, -0.25) is 0 Å². The molecule has 0 aromatic heterocycles. The van der Waals surface area contributed by atoms with Crippen molar-refractivity contribution in [3.63, 3.8) is 0 Å². The summed E-state index contributed by atoms with van der Waals surface area (Å²) in [6.45, 7) is 0. The molecule has 0 radical (unpaired) electrons. The van der Waals surface area contributed by atoms with Crippen molar-refractivity contribution in [2.75, 3.05) is 0 Å². The lowest BCUT2D eigenvalue weighted by Gasteiger charge is -2.29. The van der Waals surface area contributed by atoms with Crippen molar-refractivity contribution in [2.24, 2.45) is 11.8 Å². The second-order valence-corrected chi connectivity index (χ2v) is 10.4. The summed E-state index contributed by atoms with van der Waals surface area (Å²) in [5.74, 6) is 2.56. The lowest BCUT2D eigenvalue weighted by atomic mass is 9.57. The Bertz CT molecular complexity index is 609. The molecular weight excluding hydrogens is 408 g/mol. The predicted molar refractivity (Wildman–Crippen MR) is 129 cm³/mol. The van der Waals surface area contributed by atoms with E-state index in [1.807, 2.05) is 0 Å². The lowest BCUT2D eigenvalue weighted by molar-refractivity contribution is -0.274. The first-order valence-corrected chi connectivity index (χ1v) is 13.3. The molecule has 0 atom stereocenters. The van der Waals surface area contributed by atoms with E-state index in [1.165, 1.54) is 115 Å². The van der Waals surface area contributed by atoms with Crippen LogP contribution >= 0.6 is 0 Å². The number of alkyl halides is 3. The molecule has 1 aromatic rings. The van der Waals surface area contributed by atoms with E-state index in [2.05, 4.69) is 4.74 Å². The Labute approximate surface area is 194 Å². The molecule has 2 aliphatic rings. The highest BCUT2D eigenvalue weighted by atomic mass is 19.4. The largest absolute Gasteiger partial charge is 0.573 e. The molecule has 0 N–H and O–H groups in total. The van der Waals surface area contributed by atoms with E-state index in [4.69, 9.17) is 0 Å². The van der Waals surface area contributed by atoms with Crippen molar-refractivity contribution < 1.29 is 17.9 Å². The van der Waals surface area contributed by atoms with E-state index in [0.717, 1.165) is 36.8 Å². The zero-order valence-corrected chi connectivity index (χ0v) is 19.8. The van der Waals surface area contributed by atoms with Crippen molar-refractivity contribution in [1.29, 1.82) is 0 Å². The van der Waals surface area contributed by atoms with Gasteiger partial charge in [0.05, 0.1) is 0 Å². The van der Waals surface area contributed by atoms with Gasteiger partial charge >= 0.3 is 6.36 Å². The Kier molecular flexibility index (Phi) is 10.8. The summed E-state index contributed by atoms with van der Waals surface area (Å²) in [5, 5.41) is 0. The van der Waals surface area contributed by atoms with E-state index < -0.39 is 6.36 Å². The first kappa shape index (κ1) is 25.5. The monoisotopic (exact) mass is 450 g/mol. The molecule has 0 bridgehead atoms. The quantitative estimate of drug-likeness (QED) is 0.407. The number of hydrogen-bond donors (Lipinski definition) is 0. The van der Waals surface area contributed by atoms with Crippen molar-refractivity contribution in [3.05, 3.63) is 29.8 Å². The minimum absolute atomic E-state index is 0.130. The van der Waals surface area contributed by atoms with Crippen molar-refractivity contribution >= 4 is 7.28 Å². The molecule has 2 aliphatic carbocycles. The van der Waals surface area contributed by atoms with Crippen LogP contribution in [-0.2, 0) is 6.32 Å². The Morgan fingerprint density at radius 3 is 1.59 bits per heavy atom. The summed E-state index contributed by atoms with van der Waals surface area (Å²) >= 11 is 0. The first-order chi connectivity index (χ1) is 15.5. The third-order valence-electron chi connectivity index (χ3n) is 7.94. The summed E-state index contributed by atoms with van der Waals surface area (Å²) in [4.78, 5) is 0. The molecule has 32 heavy (non-hydrogen) atoms. The first-order valence-electron chi connectivity index (χ1n) is 13.3. The fraction of sp³-hybridized carbons (Fsp3) is 0.778.